The van der Waals surface area contributed by atoms with E-state index in [1.807, 2.05) is 7.05 Å². The first-order valence-corrected chi connectivity index (χ1v) is 4.46. The van der Waals surface area contributed by atoms with Crippen molar-refractivity contribution in [3.63, 3.8) is 0 Å². The van der Waals surface area contributed by atoms with Crippen LogP contribution < -0.4 is 5.32 Å². The monoisotopic (exact) mass is 183 g/mol. The van der Waals surface area contributed by atoms with Crippen LogP contribution in [0.1, 0.15) is 19.3 Å². The summed E-state index contributed by atoms with van der Waals surface area (Å²) in [4.78, 5) is 12.9. The van der Waals surface area contributed by atoms with Gasteiger partial charge in [0, 0.05) is 26.4 Å². The molecule has 0 radical (unpaired) electrons. The highest BCUT2D eigenvalue weighted by atomic mass is 16.1. The van der Waals surface area contributed by atoms with Crippen molar-refractivity contribution in [3.05, 3.63) is 0 Å². The second kappa shape index (κ2) is 7.56. The van der Waals surface area contributed by atoms with Crippen molar-refractivity contribution in [1.82, 2.24) is 10.2 Å². The standard InChI is InChI=1S/C9H17N3O/c1-11-9(13)5-3-7-12(2)8-4-6-10/h3-5,7-8H2,1-2H3,(H,11,13). The van der Waals surface area contributed by atoms with Gasteiger partial charge < -0.3 is 10.2 Å². The molecular formula is C9H17N3O. The summed E-state index contributed by atoms with van der Waals surface area (Å²) in [6.45, 7) is 1.65. The minimum absolute atomic E-state index is 0.0775. The summed E-state index contributed by atoms with van der Waals surface area (Å²) in [6, 6.07) is 2.09. The molecule has 13 heavy (non-hydrogen) atoms. The maximum atomic E-state index is 10.8. The molecule has 0 aromatic rings. The Morgan fingerprint density at radius 2 is 2.23 bits per heavy atom. The Morgan fingerprint density at radius 3 is 2.77 bits per heavy atom. The SMILES string of the molecule is CNC(=O)CCCN(C)CCC#N. The lowest BCUT2D eigenvalue weighted by molar-refractivity contribution is -0.120. The number of hydrogen-bond acceptors (Lipinski definition) is 3. The molecule has 1 amide bonds. The van der Waals surface area contributed by atoms with E-state index < -0.39 is 0 Å². The van der Waals surface area contributed by atoms with E-state index in [1.54, 1.807) is 7.05 Å². The fourth-order valence-electron chi connectivity index (χ4n) is 0.987. The second-order valence-corrected chi connectivity index (χ2v) is 2.99. The van der Waals surface area contributed by atoms with Crippen molar-refractivity contribution in [2.24, 2.45) is 0 Å². The first kappa shape index (κ1) is 11.9. The third-order valence-corrected chi connectivity index (χ3v) is 1.83. The Morgan fingerprint density at radius 1 is 1.54 bits per heavy atom. The summed E-state index contributed by atoms with van der Waals surface area (Å²) in [7, 11) is 3.60. The molecule has 0 aliphatic heterocycles. The van der Waals surface area contributed by atoms with E-state index in [9.17, 15) is 4.79 Å². The predicted octanol–water partition coefficient (Wildman–Crippen LogP) is 0.358. The van der Waals surface area contributed by atoms with Crippen molar-refractivity contribution in [3.8, 4) is 6.07 Å². The third kappa shape index (κ3) is 7.29. The summed E-state index contributed by atoms with van der Waals surface area (Å²) < 4.78 is 0. The highest BCUT2D eigenvalue weighted by Crippen LogP contribution is 1.93. The molecule has 0 fully saturated rings. The van der Waals surface area contributed by atoms with Crippen LogP contribution in [0.25, 0.3) is 0 Å². The number of nitrogens with zero attached hydrogens (tertiary/aromatic N) is 2. The van der Waals surface area contributed by atoms with Crippen molar-refractivity contribution in [2.75, 3.05) is 27.2 Å². The highest BCUT2D eigenvalue weighted by Gasteiger charge is 2.00. The van der Waals surface area contributed by atoms with Gasteiger partial charge in [0.1, 0.15) is 0 Å². The molecule has 4 nitrogen and oxygen atoms in total. The van der Waals surface area contributed by atoms with Gasteiger partial charge in [0.25, 0.3) is 0 Å². The first-order valence-electron chi connectivity index (χ1n) is 4.46. The zero-order chi connectivity index (χ0) is 10.1. The molecule has 0 unspecified atom stereocenters. The third-order valence-electron chi connectivity index (χ3n) is 1.83. The van der Waals surface area contributed by atoms with Gasteiger partial charge in [0.2, 0.25) is 5.91 Å². The average Bonchev–Trinajstić information content (AvgIpc) is 2.14. The van der Waals surface area contributed by atoms with E-state index in [0.717, 1.165) is 19.5 Å². The van der Waals surface area contributed by atoms with Gasteiger partial charge >= 0.3 is 0 Å². The van der Waals surface area contributed by atoms with Crippen molar-refractivity contribution >= 4 is 5.91 Å². The first-order chi connectivity index (χ1) is 6.20. The summed E-state index contributed by atoms with van der Waals surface area (Å²) in [6.07, 6.45) is 1.96. The average molecular weight is 183 g/mol. The Bertz CT molecular complexity index is 186. The lowest BCUT2D eigenvalue weighted by Crippen LogP contribution is -2.23. The van der Waals surface area contributed by atoms with Gasteiger partial charge in [-0.15, -0.1) is 0 Å². The van der Waals surface area contributed by atoms with Gasteiger partial charge in [-0.3, -0.25) is 4.79 Å². The number of nitrogens with one attached hydrogen (secondary N) is 1. The van der Waals surface area contributed by atoms with Crippen LogP contribution >= 0.6 is 0 Å². The maximum absolute atomic E-state index is 10.8. The van der Waals surface area contributed by atoms with Crippen LogP contribution in [-0.2, 0) is 4.79 Å². The summed E-state index contributed by atoms with van der Waals surface area (Å²) >= 11 is 0. The van der Waals surface area contributed by atoms with Crippen LogP contribution in [0.15, 0.2) is 0 Å². The van der Waals surface area contributed by atoms with Crippen LogP contribution in [0.3, 0.4) is 0 Å². The molecule has 4 heteroatoms. The molecule has 0 spiro atoms. The molecule has 0 aliphatic rings. The van der Waals surface area contributed by atoms with Gasteiger partial charge in [0.05, 0.1) is 6.07 Å². The van der Waals surface area contributed by atoms with Gasteiger partial charge in [-0.05, 0) is 20.0 Å². The summed E-state index contributed by atoms with van der Waals surface area (Å²) in [5.41, 5.74) is 0. The predicted molar refractivity (Wildman–Crippen MR) is 51.0 cm³/mol. The Labute approximate surface area is 79.5 Å². The van der Waals surface area contributed by atoms with E-state index >= 15 is 0 Å². The van der Waals surface area contributed by atoms with E-state index in [-0.39, 0.29) is 5.91 Å². The minimum Gasteiger partial charge on any atom is -0.359 e. The molecule has 0 saturated carbocycles. The molecular weight excluding hydrogens is 166 g/mol. The number of nitriles is 1. The molecule has 0 saturated heterocycles. The Hall–Kier alpha value is -1.08. The highest BCUT2D eigenvalue weighted by molar-refractivity contribution is 5.75. The number of carbonyl (C=O) groups is 1. The molecule has 0 heterocycles. The molecule has 0 aromatic carbocycles. The van der Waals surface area contributed by atoms with Crippen LogP contribution in [0.2, 0.25) is 0 Å². The van der Waals surface area contributed by atoms with Gasteiger partial charge in [0.15, 0.2) is 0 Å². The maximum Gasteiger partial charge on any atom is 0.219 e. The van der Waals surface area contributed by atoms with Crippen LogP contribution in [0, 0.1) is 11.3 Å². The normalized spacial score (nSPS) is 9.69. The summed E-state index contributed by atoms with van der Waals surface area (Å²) in [5, 5.41) is 10.9. The molecule has 0 atom stereocenters. The van der Waals surface area contributed by atoms with Crippen LogP contribution in [0.5, 0.6) is 0 Å². The fourth-order valence-corrected chi connectivity index (χ4v) is 0.987. The lowest BCUT2D eigenvalue weighted by atomic mass is 10.3. The zero-order valence-electron chi connectivity index (χ0n) is 8.34. The summed E-state index contributed by atoms with van der Waals surface area (Å²) in [5.74, 6) is 0.0775. The number of hydrogen-bond donors (Lipinski definition) is 1. The smallest absolute Gasteiger partial charge is 0.219 e. The number of amides is 1. The molecule has 74 valence electrons. The molecule has 0 bridgehead atoms. The van der Waals surface area contributed by atoms with Gasteiger partial charge in [-0.2, -0.15) is 5.26 Å². The molecule has 0 aliphatic carbocycles. The van der Waals surface area contributed by atoms with E-state index in [2.05, 4.69) is 16.3 Å². The topological polar surface area (TPSA) is 56.1 Å². The Kier molecular flexibility index (Phi) is 6.93. The molecule has 0 rings (SSSR count). The van der Waals surface area contributed by atoms with E-state index in [1.165, 1.54) is 0 Å². The Balaban J connectivity index is 3.32. The molecule has 1 N–H and O–H groups in total. The van der Waals surface area contributed by atoms with E-state index in [0.29, 0.717) is 12.8 Å². The van der Waals surface area contributed by atoms with Crippen molar-refractivity contribution in [2.45, 2.75) is 19.3 Å². The number of rotatable bonds is 6. The van der Waals surface area contributed by atoms with Crippen LogP contribution in [0.4, 0.5) is 0 Å². The van der Waals surface area contributed by atoms with Crippen molar-refractivity contribution < 1.29 is 4.79 Å². The van der Waals surface area contributed by atoms with Crippen molar-refractivity contribution in [1.29, 1.82) is 5.26 Å². The minimum atomic E-state index is 0.0775. The van der Waals surface area contributed by atoms with Gasteiger partial charge in [-0.25, -0.2) is 0 Å². The fraction of sp³-hybridized carbons (Fsp3) is 0.778. The zero-order valence-corrected chi connectivity index (χ0v) is 8.34. The second-order valence-electron chi connectivity index (χ2n) is 2.99. The van der Waals surface area contributed by atoms with Gasteiger partial charge in [-0.1, -0.05) is 0 Å². The molecule has 0 aromatic heterocycles. The quantitative estimate of drug-likeness (QED) is 0.646. The van der Waals surface area contributed by atoms with E-state index in [4.69, 9.17) is 5.26 Å². The largest absolute Gasteiger partial charge is 0.359 e. The number of carbonyl (C=O) groups excluding carboxylic acids is 1. The lowest BCUT2D eigenvalue weighted by Gasteiger charge is -2.13. The van der Waals surface area contributed by atoms with Crippen LogP contribution in [-0.4, -0.2) is 38.0 Å².